The summed E-state index contributed by atoms with van der Waals surface area (Å²) in [6.45, 7) is -4.24. The van der Waals surface area contributed by atoms with E-state index in [1.165, 1.54) is 6.92 Å². The molecule has 0 bridgehead atoms. The molecule has 2 amide bonds. The van der Waals surface area contributed by atoms with E-state index in [0.29, 0.717) is 6.07 Å². The van der Waals surface area contributed by atoms with Gasteiger partial charge in [-0.25, -0.2) is 13.2 Å². The normalized spacial score (nSPS) is 19.7. The number of hydrogen-bond donors (Lipinski definition) is 1. The minimum atomic E-state index is -3.05. The summed E-state index contributed by atoms with van der Waals surface area (Å²) in [7, 11) is 0. The van der Waals surface area contributed by atoms with Crippen molar-refractivity contribution in [1.29, 1.82) is 0 Å². The highest BCUT2D eigenvalue weighted by Gasteiger charge is 2.36. The molecular formula is C22H22ClF3N2O3. The molecule has 1 aliphatic heterocycles. The number of nitrogens with zero attached hydrogens (tertiary/aromatic N) is 1. The van der Waals surface area contributed by atoms with Crippen LogP contribution in [0.1, 0.15) is 47.8 Å². The van der Waals surface area contributed by atoms with Crippen molar-refractivity contribution in [2.24, 2.45) is 5.41 Å². The van der Waals surface area contributed by atoms with Crippen LogP contribution in [0.4, 0.5) is 24.5 Å². The zero-order valence-electron chi connectivity index (χ0n) is 22.5. The number of anilines is 2. The Morgan fingerprint density at radius 1 is 1.26 bits per heavy atom. The van der Waals surface area contributed by atoms with Crippen LogP contribution >= 0.6 is 11.6 Å². The van der Waals surface area contributed by atoms with Crippen LogP contribution in [0, 0.1) is 22.9 Å². The summed E-state index contributed by atoms with van der Waals surface area (Å²) in [5.41, 5.74) is -3.19. The van der Waals surface area contributed by atoms with Gasteiger partial charge in [-0.1, -0.05) is 32.2 Å². The van der Waals surface area contributed by atoms with Crippen molar-refractivity contribution in [3.63, 3.8) is 0 Å². The van der Waals surface area contributed by atoms with Crippen molar-refractivity contribution in [1.82, 2.24) is 0 Å². The molecule has 5 nitrogen and oxygen atoms in total. The number of amides is 2. The Bertz CT molecular complexity index is 1220. The summed E-state index contributed by atoms with van der Waals surface area (Å²) in [6, 6.07) is 3.73. The van der Waals surface area contributed by atoms with Crippen molar-refractivity contribution in [2.75, 3.05) is 10.2 Å². The molecule has 0 spiro atoms. The lowest BCUT2D eigenvalue weighted by Crippen LogP contribution is -2.44. The molecule has 0 aromatic heterocycles. The number of nitrogens with one attached hydrogen (secondary N) is 1. The fourth-order valence-electron chi connectivity index (χ4n) is 3.13. The van der Waals surface area contributed by atoms with Gasteiger partial charge in [-0.05, 0) is 36.1 Å². The van der Waals surface area contributed by atoms with Gasteiger partial charge in [0.2, 0.25) is 5.91 Å². The van der Waals surface area contributed by atoms with Gasteiger partial charge in [-0.15, -0.1) is 0 Å². The molecule has 0 radical (unpaired) electrons. The molecule has 3 rings (SSSR count). The van der Waals surface area contributed by atoms with E-state index in [1.807, 2.05) is 0 Å². The number of rotatable bonds is 4. The molecule has 2 aromatic rings. The quantitative estimate of drug-likeness (QED) is 0.660. The molecule has 1 aliphatic rings. The smallest absolute Gasteiger partial charge is 0.268 e. The van der Waals surface area contributed by atoms with Crippen molar-refractivity contribution in [2.45, 2.75) is 46.6 Å². The minimum absolute atomic E-state index is 0.0634. The van der Waals surface area contributed by atoms with E-state index in [-0.39, 0.29) is 17.8 Å². The molecule has 0 saturated heterocycles. The van der Waals surface area contributed by atoms with Crippen LogP contribution in [0.15, 0.2) is 24.3 Å². The Labute approximate surface area is 191 Å². The highest BCUT2D eigenvalue weighted by molar-refractivity contribution is 6.34. The van der Waals surface area contributed by atoms with Crippen LogP contribution in [-0.4, -0.2) is 17.9 Å². The third-order valence-corrected chi connectivity index (χ3v) is 4.69. The van der Waals surface area contributed by atoms with Gasteiger partial charge in [-0.3, -0.25) is 9.59 Å². The Kier molecular flexibility index (Phi) is 4.34. The van der Waals surface area contributed by atoms with Crippen LogP contribution in [0.2, 0.25) is 5.02 Å². The molecule has 0 saturated carbocycles. The molecule has 31 heavy (non-hydrogen) atoms. The first kappa shape index (κ1) is 16.0. The maximum absolute atomic E-state index is 15.5. The van der Waals surface area contributed by atoms with E-state index < -0.39 is 77.4 Å². The second-order valence-corrected chi connectivity index (χ2v) is 7.82. The molecule has 1 atom stereocenters. The Hall–Kier alpha value is -2.74. The van der Waals surface area contributed by atoms with Crippen molar-refractivity contribution >= 4 is 34.8 Å². The summed E-state index contributed by atoms with van der Waals surface area (Å²) in [5, 5.41) is 1.68. The lowest BCUT2D eigenvalue weighted by Gasteiger charge is -2.34. The van der Waals surface area contributed by atoms with Crippen molar-refractivity contribution in [3.05, 3.63) is 52.3 Å². The van der Waals surface area contributed by atoms with Gasteiger partial charge in [0.1, 0.15) is 11.6 Å². The molecule has 1 N–H and O–H groups in total. The van der Waals surface area contributed by atoms with E-state index in [1.54, 1.807) is 0 Å². The first-order chi connectivity index (χ1) is 16.9. The van der Waals surface area contributed by atoms with Gasteiger partial charge in [0.25, 0.3) is 5.91 Å². The fraction of sp³-hybridized carbons (Fsp3) is 0.364. The van der Waals surface area contributed by atoms with Gasteiger partial charge in [0.15, 0.2) is 17.7 Å². The van der Waals surface area contributed by atoms with Gasteiger partial charge in [0.05, 0.1) is 22.9 Å². The van der Waals surface area contributed by atoms with Gasteiger partial charge >= 0.3 is 0 Å². The van der Waals surface area contributed by atoms with Crippen molar-refractivity contribution < 1.29 is 35.7 Å². The molecule has 0 aliphatic carbocycles. The molecular weight excluding hydrogens is 433 g/mol. The Balaban J connectivity index is 1.98. The maximum Gasteiger partial charge on any atom is 0.268 e. The number of carbonyl (C=O) groups is 2. The maximum atomic E-state index is 15.5. The van der Waals surface area contributed by atoms with Crippen LogP contribution in [0.5, 0.6) is 5.75 Å². The topological polar surface area (TPSA) is 58.6 Å². The second kappa shape index (κ2) is 8.42. The summed E-state index contributed by atoms with van der Waals surface area (Å²) in [5.74, 6) is -5.27. The Morgan fingerprint density at radius 2 is 1.90 bits per heavy atom. The first-order valence-corrected chi connectivity index (χ1v) is 9.48. The Morgan fingerprint density at radius 3 is 2.52 bits per heavy atom. The SMILES string of the molecule is [2H]C([2H])([2H])C(C)(CC(=O)Nc1c(Cl)cc2c(c1F)O[C@@H](C)C(=O)N2Cc1cc(F)cc(F)c1)C([2H])([2H])[2H]. The fourth-order valence-corrected chi connectivity index (χ4v) is 3.37. The summed E-state index contributed by atoms with van der Waals surface area (Å²) >= 11 is 6.17. The highest BCUT2D eigenvalue weighted by atomic mass is 35.5. The largest absolute Gasteiger partial charge is 0.476 e. The highest BCUT2D eigenvalue weighted by Crippen LogP contribution is 2.44. The predicted molar refractivity (Wildman–Crippen MR) is 112 cm³/mol. The molecule has 1 heterocycles. The van der Waals surface area contributed by atoms with Gasteiger partial charge < -0.3 is 15.0 Å². The lowest BCUT2D eigenvalue weighted by atomic mass is 9.92. The number of hydrogen-bond acceptors (Lipinski definition) is 3. The first-order valence-electron chi connectivity index (χ1n) is 12.1. The lowest BCUT2D eigenvalue weighted by molar-refractivity contribution is -0.125. The summed E-state index contributed by atoms with van der Waals surface area (Å²) in [4.78, 5) is 26.4. The van der Waals surface area contributed by atoms with Crippen molar-refractivity contribution in [3.8, 4) is 5.75 Å². The van der Waals surface area contributed by atoms with Crippen LogP contribution < -0.4 is 15.0 Å². The summed E-state index contributed by atoms with van der Waals surface area (Å²) < 4.78 is 93.8. The van der Waals surface area contributed by atoms with E-state index in [0.717, 1.165) is 30.0 Å². The molecule has 2 aromatic carbocycles. The van der Waals surface area contributed by atoms with Crippen LogP contribution in [0.25, 0.3) is 0 Å². The van der Waals surface area contributed by atoms with Crippen LogP contribution in [-0.2, 0) is 16.1 Å². The summed E-state index contributed by atoms with van der Waals surface area (Å²) in [6.07, 6.45) is -2.24. The molecule has 9 heteroatoms. The van der Waals surface area contributed by atoms with E-state index in [9.17, 15) is 18.4 Å². The van der Waals surface area contributed by atoms with E-state index in [2.05, 4.69) is 5.32 Å². The van der Waals surface area contributed by atoms with Crippen LogP contribution in [0.3, 0.4) is 0 Å². The standard InChI is InChI=1S/C22H22ClF3N2O3/c1-11-21(30)28(10-12-5-13(24)7-14(25)6-12)16-8-15(23)19(18(26)20(16)31-11)27-17(29)9-22(2,3)4/h5-8,11H,9-10H2,1-4H3,(H,27,29)/t11-/m0/s1/i2D3,3D3. The number of benzene rings is 2. The van der Waals surface area contributed by atoms with Gasteiger partial charge in [-0.2, -0.15) is 0 Å². The molecule has 0 fully saturated rings. The number of carbonyl (C=O) groups excluding carboxylic acids is 2. The second-order valence-electron chi connectivity index (χ2n) is 7.41. The average molecular weight is 461 g/mol. The monoisotopic (exact) mass is 460 g/mol. The third-order valence-electron chi connectivity index (χ3n) is 4.39. The third kappa shape index (κ3) is 5.12. The number of fused-ring (bicyclic) bond motifs is 1. The van der Waals surface area contributed by atoms with Gasteiger partial charge in [0, 0.05) is 20.7 Å². The zero-order valence-corrected chi connectivity index (χ0v) is 17.2. The number of halogens is 4. The number of ether oxygens (including phenoxy) is 1. The average Bonchev–Trinajstić information content (AvgIpc) is 2.73. The molecule has 166 valence electrons. The predicted octanol–water partition coefficient (Wildman–Crippen LogP) is 5.45. The van der Waals surface area contributed by atoms with E-state index >= 15 is 4.39 Å². The van der Waals surface area contributed by atoms with E-state index in [4.69, 9.17) is 24.6 Å². The molecule has 0 unspecified atom stereocenters. The minimum Gasteiger partial charge on any atom is -0.476 e. The zero-order chi connectivity index (χ0) is 28.1.